The molecule has 1 saturated heterocycles. The third-order valence-electron chi connectivity index (χ3n) is 5.87. The first-order chi connectivity index (χ1) is 17.6. The number of methoxy groups -OCH3 is 2. The van der Waals surface area contributed by atoms with Crippen LogP contribution >= 0.6 is 11.3 Å². The summed E-state index contributed by atoms with van der Waals surface area (Å²) in [6, 6.07) is 4.82. The highest BCUT2D eigenvalue weighted by Crippen LogP contribution is 2.29. The van der Waals surface area contributed by atoms with Crippen LogP contribution < -0.4 is 15.8 Å². The monoisotopic (exact) mass is 549 g/mol. The van der Waals surface area contributed by atoms with E-state index in [1.165, 1.54) is 48.3 Å². The smallest absolute Gasteiger partial charge is 0.349 e. The van der Waals surface area contributed by atoms with E-state index in [0.29, 0.717) is 12.8 Å². The molecule has 1 fully saturated rings. The summed E-state index contributed by atoms with van der Waals surface area (Å²) in [5, 5.41) is 4.65. The number of esters is 1. The van der Waals surface area contributed by atoms with Crippen molar-refractivity contribution < 1.29 is 31.9 Å². The molecule has 0 aliphatic carbocycles. The molecule has 0 atom stereocenters. The summed E-state index contributed by atoms with van der Waals surface area (Å²) in [6.45, 7) is 0.420. The lowest BCUT2D eigenvalue weighted by Gasteiger charge is -2.31. The standard InChI is InChI=1S/C23H24FN5O6S2/c1-34-17-4-3-13(24)11-15(17)19(30)16-12-26-23(28-21(16)25)27-14-5-8-29(9-6-14)37(32,33)18-7-10-36-20(18)22(31)35-2/h3-4,7,10-12,14H,5-6,8-9H2,1-2H3,(H3,25,26,27,28). The van der Waals surface area contributed by atoms with E-state index in [4.69, 9.17) is 10.5 Å². The highest BCUT2D eigenvalue weighted by Gasteiger charge is 2.33. The predicted octanol–water partition coefficient (Wildman–Crippen LogP) is 2.55. The van der Waals surface area contributed by atoms with Crippen LogP contribution in [0.15, 0.2) is 40.7 Å². The Morgan fingerprint density at radius 3 is 2.57 bits per heavy atom. The molecule has 3 heterocycles. The molecule has 0 radical (unpaired) electrons. The normalized spacial score (nSPS) is 14.8. The van der Waals surface area contributed by atoms with Gasteiger partial charge < -0.3 is 20.5 Å². The van der Waals surface area contributed by atoms with Crippen LogP contribution in [-0.2, 0) is 14.8 Å². The number of nitrogens with two attached hydrogens (primary N) is 1. The molecule has 3 N–H and O–H groups in total. The van der Waals surface area contributed by atoms with Gasteiger partial charge in [0.2, 0.25) is 21.8 Å². The maximum atomic E-state index is 13.7. The van der Waals surface area contributed by atoms with Crippen LogP contribution in [0.25, 0.3) is 0 Å². The van der Waals surface area contributed by atoms with E-state index >= 15 is 0 Å². The number of benzene rings is 1. The van der Waals surface area contributed by atoms with Crippen molar-refractivity contribution in [3.63, 3.8) is 0 Å². The van der Waals surface area contributed by atoms with Gasteiger partial charge in [-0.05, 0) is 42.5 Å². The van der Waals surface area contributed by atoms with Gasteiger partial charge in [-0.25, -0.2) is 22.6 Å². The molecule has 2 aromatic heterocycles. The molecule has 11 nitrogen and oxygen atoms in total. The van der Waals surface area contributed by atoms with E-state index in [-0.39, 0.29) is 57.5 Å². The fourth-order valence-electron chi connectivity index (χ4n) is 3.95. The molecular formula is C23H24FN5O6S2. The zero-order chi connectivity index (χ0) is 26.7. The molecule has 0 unspecified atom stereocenters. The lowest BCUT2D eigenvalue weighted by atomic mass is 10.0. The lowest BCUT2D eigenvalue weighted by Crippen LogP contribution is -2.42. The number of sulfonamides is 1. The van der Waals surface area contributed by atoms with E-state index in [0.717, 1.165) is 17.4 Å². The number of nitrogens with one attached hydrogen (secondary N) is 1. The zero-order valence-corrected chi connectivity index (χ0v) is 21.6. The van der Waals surface area contributed by atoms with Crippen molar-refractivity contribution in [3.05, 3.63) is 57.7 Å². The molecule has 0 amide bonds. The van der Waals surface area contributed by atoms with Crippen molar-refractivity contribution in [3.8, 4) is 5.75 Å². The Morgan fingerprint density at radius 2 is 1.92 bits per heavy atom. The summed E-state index contributed by atoms with van der Waals surface area (Å²) in [7, 11) is -1.30. The van der Waals surface area contributed by atoms with Gasteiger partial charge in [-0.3, -0.25) is 4.79 Å². The number of thiophene rings is 1. The number of ketones is 1. The number of halogens is 1. The quantitative estimate of drug-likeness (QED) is 0.316. The van der Waals surface area contributed by atoms with E-state index in [1.807, 2.05) is 0 Å². The SMILES string of the molecule is COC(=O)c1sccc1S(=O)(=O)N1CCC(Nc2ncc(C(=O)c3cc(F)ccc3OC)c(N)n2)CC1. The molecule has 37 heavy (non-hydrogen) atoms. The molecule has 1 aromatic carbocycles. The molecular weight excluding hydrogens is 525 g/mol. The molecule has 14 heteroatoms. The lowest BCUT2D eigenvalue weighted by molar-refractivity contribution is 0.0602. The number of nitrogens with zero attached hydrogens (tertiary/aromatic N) is 3. The van der Waals surface area contributed by atoms with Gasteiger partial charge >= 0.3 is 5.97 Å². The zero-order valence-electron chi connectivity index (χ0n) is 19.9. The Balaban J connectivity index is 1.42. The molecule has 0 saturated carbocycles. The first-order valence-corrected chi connectivity index (χ1v) is 13.4. The maximum absolute atomic E-state index is 13.7. The molecule has 1 aliphatic heterocycles. The Hall–Kier alpha value is -3.62. The third-order valence-corrected chi connectivity index (χ3v) is 8.84. The number of hydrogen-bond acceptors (Lipinski definition) is 11. The minimum Gasteiger partial charge on any atom is -0.496 e. The van der Waals surface area contributed by atoms with Crippen molar-refractivity contribution in [1.29, 1.82) is 0 Å². The Kier molecular flexibility index (Phi) is 7.71. The number of hydrogen-bond donors (Lipinski definition) is 2. The van der Waals surface area contributed by atoms with Crippen LogP contribution in [0.1, 0.15) is 38.4 Å². The van der Waals surface area contributed by atoms with Gasteiger partial charge in [0.05, 0.1) is 25.3 Å². The summed E-state index contributed by atoms with van der Waals surface area (Å²) in [5.41, 5.74) is 5.99. The fraction of sp³-hybridized carbons (Fsp3) is 0.304. The van der Waals surface area contributed by atoms with Crippen molar-refractivity contribution in [2.45, 2.75) is 23.8 Å². The number of ether oxygens (including phenoxy) is 2. The highest BCUT2D eigenvalue weighted by molar-refractivity contribution is 7.89. The summed E-state index contributed by atoms with van der Waals surface area (Å²) in [4.78, 5) is 33.1. The first-order valence-electron chi connectivity index (χ1n) is 11.1. The second-order valence-electron chi connectivity index (χ2n) is 8.09. The first kappa shape index (κ1) is 26.4. The van der Waals surface area contributed by atoms with Gasteiger partial charge in [0.15, 0.2) is 0 Å². The highest BCUT2D eigenvalue weighted by atomic mass is 32.2. The maximum Gasteiger partial charge on any atom is 0.349 e. The second kappa shape index (κ2) is 10.8. The van der Waals surface area contributed by atoms with Crippen molar-refractivity contribution in [1.82, 2.24) is 14.3 Å². The average molecular weight is 550 g/mol. The Labute approximate surface area is 216 Å². The van der Waals surface area contributed by atoms with E-state index in [2.05, 4.69) is 20.0 Å². The van der Waals surface area contributed by atoms with Crippen LogP contribution in [0, 0.1) is 5.82 Å². The van der Waals surface area contributed by atoms with Crippen LogP contribution in [0.2, 0.25) is 0 Å². The van der Waals surface area contributed by atoms with Gasteiger partial charge in [0, 0.05) is 25.3 Å². The van der Waals surface area contributed by atoms with Crippen LogP contribution in [-0.4, -0.2) is 67.8 Å². The average Bonchev–Trinajstić information content (AvgIpc) is 3.39. The summed E-state index contributed by atoms with van der Waals surface area (Å²) < 4.78 is 51.0. The molecule has 3 aromatic rings. The van der Waals surface area contributed by atoms with Crippen LogP contribution in [0.4, 0.5) is 16.2 Å². The number of nitrogen functional groups attached to an aromatic ring is 1. The molecule has 196 valence electrons. The van der Waals surface area contributed by atoms with E-state index < -0.39 is 27.6 Å². The molecule has 0 spiro atoms. The molecule has 1 aliphatic rings. The van der Waals surface area contributed by atoms with Gasteiger partial charge in [-0.1, -0.05) is 0 Å². The molecule has 0 bridgehead atoms. The minimum absolute atomic E-state index is 0.00642. The van der Waals surface area contributed by atoms with Crippen molar-refractivity contribution >= 4 is 44.9 Å². The number of carbonyl (C=O) groups excluding carboxylic acids is 2. The van der Waals surface area contributed by atoms with Gasteiger partial charge in [0.25, 0.3) is 0 Å². The summed E-state index contributed by atoms with van der Waals surface area (Å²) in [6.07, 6.45) is 2.14. The van der Waals surface area contributed by atoms with Crippen molar-refractivity contribution in [2.75, 3.05) is 38.4 Å². The molecule has 4 rings (SSSR count). The largest absolute Gasteiger partial charge is 0.496 e. The fourth-order valence-corrected chi connectivity index (χ4v) is 6.72. The van der Waals surface area contributed by atoms with Gasteiger partial charge in [0.1, 0.15) is 27.2 Å². The van der Waals surface area contributed by atoms with Crippen LogP contribution in [0.5, 0.6) is 5.75 Å². The number of rotatable bonds is 8. The number of anilines is 2. The second-order valence-corrected chi connectivity index (χ2v) is 10.9. The Bertz CT molecular complexity index is 1440. The predicted molar refractivity (Wildman–Crippen MR) is 134 cm³/mol. The van der Waals surface area contributed by atoms with Gasteiger partial charge in [-0.2, -0.15) is 9.29 Å². The third kappa shape index (κ3) is 5.40. The topological polar surface area (TPSA) is 154 Å². The number of aromatic nitrogens is 2. The minimum atomic E-state index is -3.87. The van der Waals surface area contributed by atoms with E-state index in [9.17, 15) is 22.4 Å². The number of piperidine rings is 1. The van der Waals surface area contributed by atoms with Crippen molar-refractivity contribution in [2.24, 2.45) is 0 Å². The summed E-state index contributed by atoms with van der Waals surface area (Å²) >= 11 is 1.01. The number of carbonyl (C=O) groups is 2. The Morgan fingerprint density at radius 1 is 1.19 bits per heavy atom. The van der Waals surface area contributed by atoms with E-state index in [1.54, 1.807) is 0 Å². The van der Waals surface area contributed by atoms with Gasteiger partial charge in [-0.15, -0.1) is 11.3 Å². The van der Waals surface area contributed by atoms with Crippen LogP contribution in [0.3, 0.4) is 0 Å². The summed E-state index contributed by atoms with van der Waals surface area (Å²) in [5.74, 6) is -1.61.